The van der Waals surface area contributed by atoms with Gasteiger partial charge in [0.05, 0.1) is 35.5 Å². The van der Waals surface area contributed by atoms with Gasteiger partial charge in [-0.25, -0.2) is 18.1 Å². The van der Waals surface area contributed by atoms with Crippen molar-refractivity contribution in [1.82, 2.24) is 9.61 Å². The Morgan fingerprint density at radius 1 is 1.14 bits per heavy atom. The maximum absolute atomic E-state index is 13.6. The summed E-state index contributed by atoms with van der Waals surface area (Å²) in [5.41, 5.74) is 5.02. The fourth-order valence-electron chi connectivity index (χ4n) is 4.27. The first-order chi connectivity index (χ1) is 13.1. The number of aromatic nitrogens is 2. The number of carbonyl (C=O) groups is 1. The summed E-state index contributed by atoms with van der Waals surface area (Å²) in [6.45, 7) is 13.0. The second kappa shape index (κ2) is 8.44. The first kappa shape index (κ1) is 22.1. The molecule has 0 aliphatic rings. The van der Waals surface area contributed by atoms with Crippen LogP contribution in [0.3, 0.4) is 0 Å². The van der Waals surface area contributed by atoms with Crippen LogP contribution in [-0.4, -0.2) is 30.8 Å². The number of nitrogens with zero attached hydrogens (tertiary/aromatic N) is 2. The van der Waals surface area contributed by atoms with Crippen molar-refractivity contribution < 1.29 is 18.3 Å². The summed E-state index contributed by atoms with van der Waals surface area (Å²) >= 11 is 0. The number of alkyl halides is 2. The summed E-state index contributed by atoms with van der Waals surface area (Å²) < 4.78 is 33.4. The van der Waals surface area contributed by atoms with Gasteiger partial charge >= 0.3 is 5.97 Å². The van der Waals surface area contributed by atoms with Gasteiger partial charge in [-0.05, 0) is 22.7 Å². The largest absolute Gasteiger partial charge is 0.465 e. The van der Waals surface area contributed by atoms with Crippen LogP contribution in [0, 0.1) is 11.5 Å². The predicted octanol–water partition coefficient (Wildman–Crippen LogP) is 5.63. The minimum atomic E-state index is -2.71. The number of carbonyl (C=O) groups excluding carboxylic acids is 1. The number of esters is 1. The molecule has 2 aromatic rings. The molecule has 2 heterocycles. The van der Waals surface area contributed by atoms with E-state index in [1.54, 1.807) is 0 Å². The molecule has 0 fully saturated rings. The summed E-state index contributed by atoms with van der Waals surface area (Å²) in [5, 5.41) is 4.00. The molecule has 0 unspecified atom stereocenters. The topological polar surface area (TPSA) is 43.6 Å². The molecule has 152 valence electrons. The summed E-state index contributed by atoms with van der Waals surface area (Å²) in [6.07, 6.45) is -0.103. The summed E-state index contributed by atoms with van der Waals surface area (Å²) in [7, 11) is -0.853. The number of fused-ring (bicyclic) bond motifs is 1. The Morgan fingerprint density at radius 3 is 2.18 bits per heavy atom. The van der Waals surface area contributed by atoms with E-state index in [1.807, 2.05) is 0 Å². The van der Waals surface area contributed by atoms with Crippen LogP contribution in [0.2, 0.25) is 16.6 Å². The molecular weight excluding hydrogens is 378 g/mol. The molecule has 0 amide bonds. The average molecular weight is 407 g/mol. The van der Waals surface area contributed by atoms with Crippen molar-refractivity contribution in [2.75, 3.05) is 7.11 Å². The lowest BCUT2D eigenvalue weighted by Crippen LogP contribution is -2.43. The molecule has 0 N–H and O–H groups in total. The molecule has 0 aromatic carbocycles. The van der Waals surface area contributed by atoms with Crippen molar-refractivity contribution in [3.05, 3.63) is 35.2 Å². The second-order valence-corrected chi connectivity index (χ2v) is 13.5. The SMILES string of the molecule is COC(=O)c1ccn2ncc(C(F)F)c2c1C#C[Si](C(C)C)(C(C)C)C(C)C. The normalized spacial score (nSPS) is 12.2. The number of pyridine rings is 1. The molecule has 0 spiro atoms. The molecule has 7 heteroatoms. The van der Waals surface area contributed by atoms with Crippen molar-refractivity contribution in [3.8, 4) is 11.5 Å². The van der Waals surface area contributed by atoms with Crippen LogP contribution in [0.25, 0.3) is 5.52 Å². The van der Waals surface area contributed by atoms with Crippen molar-refractivity contribution in [2.24, 2.45) is 0 Å². The number of methoxy groups -OCH3 is 1. The fraction of sp³-hybridized carbons (Fsp3) is 0.524. The molecule has 2 aromatic heterocycles. The molecule has 2 rings (SSSR count). The van der Waals surface area contributed by atoms with Gasteiger partial charge in [0, 0.05) is 6.20 Å². The summed E-state index contributed by atoms with van der Waals surface area (Å²) in [6, 6.07) is 1.52. The molecule has 0 radical (unpaired) electrons. The number of halogens is 2. The van der Waals surface area contributed by atoms with Crippen molar-refractivity contribution >= 4 is 19.6 Å². The fourth-order valence-corrected chi connectivity index (χ4v) is 9.48. The van der Waals surface area contributed by atoms with Gasteiger partial charge in [0.1, 0.15) is 8.07 Å². The van der Waals surface area contributed by atoms with Gasteiger partial charge < -0.3 is 4.74 Å². The van der Waals surface area contributed by atoms with Gasteiger partial charge in [0.25, 0.3) is 6.43 Å². The third-order valence-electron chi connectivity index (χ3n) is 5.62. The molecule has 0 aliphatic carbocycles. The van der Waals surface area contributed by atoms with Crippen LogP contribution < -0.4 is 0 Å². The number of hydrogen-bond donors (Lipinski definition) is 0. The highest BCUT2D eigenvalue weighted by atomic mass is 28.3. The molecule has 0 saturated heterocycles. The molecule has 0 atom stereocenters. The zero-order valence-electron chi connectivity index (χ0n) is 17.5. The Labute approximate surface area is 166 Å². The van der Waals surface area contributed by atoms with E-state index in [0.717, 1.165) is 6.20 Å². The maximum Gasteiger partial charge on any atom is 0.339 e. The van der Waals surface area contributed by atoms with Gasteiger partial charge in [-0.2, -0.15) is 5.10 Å². The third kappa shape index (κ3) is 3.70. The zero-order chi connectivity index (χ0) is 21.2. The van der Waals surface area contributed by atoms with Crippen LogP contribution in [0.15, 0.2) is 18.5 Å². The maximum atomic E-state index is 13.6. The van der Waals surface area contributed by atoms with Crippen molar-refractivity contribution in [1.29, 1.82) is 0 Å². The van der Waals surface area contributed by atoms with E-state index in [9.17, 15) is 13.6 Å². The number of hydrogen-bond acceptors (Lipinski definition) is 3. The highest BCUT2D eigenvalue weighted by Crippen LogP contribution is 2.41. The standard InChI is InChI=1S/C21H28F2N2O2Si/c1-13(2)28(14(3)4,15(5)6)11-9-16-17(21(26)27-7)8-10-25-19(16)18(12-24-25)20(22)23/h8,10,12-15,20H,1-7H3. The van der Waals surface area contributed by atoms with E-state index in [1.165, 1.54) is 23.9 Å². The lowest BCUT2D eigenvalue weighted by Gasteiger charge is -2.38. The first-order valence-corrected chi connectivity index (χ1v) is 11.7. The molecule has 4 nitrogen and oxygen atoms in total. The minimum Gasteiger partial charge on any atom is -0.465 e. The third-order valence-corrected chi connectivity index (χ3v) is 11.9. The van der Waals surface area contributed by atoms with Gasteiger partial charge in [-0.1, -0.05) is 47.5 Å². The quantitative estimate of drug-likeness (QED) is 0.367. The molecule has 28 heavy (non-hydrogen) atoms. The van der Waals surface area contributed by atoms with Gasteiger partial charge in [-0.15, -0.1) is 5.54 Å². The monoisotopic (exact) mass is 406 g/mol. The van der Waals surface area contributed by atoms with E-state index in [4.69, 9.17) is 4.74 Å². The number of rotatable bonds is 5. The van der Waals surface area contributed by atoms with E-state index >= 15 is 0 Å². The van der Waals surface area contributed by atoms with Crippen molar-refractivity contribution in [2.45, 2.75) is 64.6 Å². The van der Waals surface area contributed by atoms with Gasteiger partial charge in [-0.3, -0.25) is 0 Å². The highest BCUT2D eigenvalue weighted by molar-refractivity contribution is 6.90. The Hall–Kier alpha value is -2.20. The Balaban J connectivity index is 2.87. The highest BCUT2D eigenvalue weighted by Gasteiger charge is 2.41. The van der Waals surface area contributed by atoms with Crippen LogP contribution in [0.5, 0.6) is 0 Å². The lowest BCUT2D eigenvalue weighted by atomic mass is 10.1. The lowest BCUT2D eigenvalue weighted by molar-refractivity contribution is 0.0600. The van der Waals surface area contributed by atoms with Crippen molar-refractivity contribution in [3.63, 3.8) is 0 Å². The predicted molar refractivity (Wildman–Crippen MR) is 109 cm³/mol. The van der Waals surface area contributed by atoms with Gasteiger partial charge in [0.15, 0.2) is 0 Å². The minimum absolute atomic E-state index is 0.171. The van der Waals surface area contributed by atoms with Crippen LogP contribution in [0.4, 0.5) is 8.78 Å². The van der Waals surface area contributed by atoms with E-state index in [-0.39, 0.29) is 22.2 Å². The van der Waals surface area contributed by atoms with Gasteiger partial charge in [0.2, 0.25) is 0 Å². The molecule has 0 saturated carbocycles. The summed E-state index contributed by atoms with van der Waals surface area (Å²) in [4.78, 5) is 12.3. The van der Waals surface area contributed by atoms with E-state index < -0.39 is 20.5 Å². The first-order valence-electron chi connectivity index (χ1n) is 9.47. The van der Waals surface area contributed by atoms with Crippen LogP contribution >= 0.6 is 0 Å². The molecular formula is C21H28F2N2O2Si. The zero-order valence-corrected chi connectivity index (χ0v) is 18.5. The Morgan fingerprint density at radius 2 is 1.71 bits per heavy atom. The van der Waals surface area contributed by atoms with Crippen LogP contribution in [0.1, 0.15) is 69.5 Å². The van der Waals surface area contributed by atoms with Crippen LogP contribution in [-0.2, 0) is 4.74 Å². The second-order valence-electron chi connectivity index (χ2n) is 7.94. The van der Waals surface area contributed by atoms with E-state index in [2.05, 4.69) is 58.1 Å². The Kier molecular flexibility index (Phi) is 6.66. The Bertz CT molecular complexity index is 902. The average Bonchev–Trinajstić information content (AvgIpc) is 3.05. The smallest absolute Gasteiger partial charge is 0.339 e. The number of ether oxygens (including phenoxy) is 1. The molecule has 0 aliphatic heterocycles. The summed E-state index contributed by atoms with van der Waals surface area (Å²) in [5.74, 6) is 2.56. The molecule has 0 bridgehead atoms. The van der Waals surface area contributed by atoms with E-state index in [0.29, 0.717) is 16.6 Å².